The summed E-state index contributed by atoms with van der Waals surface area (Å²) in [7, 11) is 0. The lowest BCUT2D eigenvalue weighted by Crippen LogP contribution is -2.46. The first-order valence-corrected chi connectivity index (χ1v) is 7.18. The number of anilines is 1. The van der Waals surface area contributed by atoms with Crippen molar-refractivity contribution in [3.8, 4) is 0 Å². The Hall–Kier alpha value is -0.590. The summed E-state index contributed by atoms with van der Waals surface area (Å²) in [5.74, 6) is 1.28. The first-order chi connectivity index (χ1) is 8.16. The van der Waals surface area contributed by atoms with Crippen LogP contribution in [0.1, 0.15) is 0 Å². The SMILES string of the molecule is O=C(Nc1cc(F)ccc1Br)C1CSCCN1. The standard InChI is InChI=1S/C11H12BrFN2OS/c12-8-2-1-7(13)5-9(8)15-11(16)10-6-17-4-3-14-10/h1-2,5,10,14H,3-4,6H2,(H,15,16). The van der Waals surface area contributed by atoms with E-state index in [1.165, 1.54) is 12.1 Å². The summed E-state index contributed by atoms with van der Waals surface area (Å²) in [6.07, 6.45) is 0. The normalized spacial score (nSPS) is 20.0. The fourth-order valence-electron chi connectivity index (χ4n) is 1.55. The van der Waals surface area contributed by atoms with Crippen molar-refractivity contribution in [3.63, 3.8) is 0 Å². The summed E-state index contributed by atoms with van der Waals surface area (Å²) in [5.41, 5.74) is 0.465. The molecule has 0 radical (unpaired) electrons. The third-order valence-corrected chi connectivity index (χ3v) is 4.18. The topological polar surface area (TPSA) is 41.1 Å². The highest BCUT2D eigenvalue weighted by atomic mass is 79.9. The molecule has 1 saturated heterocycles. The summed E-state index contributed by atoms with van der Waals surface area (Å²) >= 11 is 5.02. The fraction of sp³-hybridized carbons (Fsp3) is 0.364. The third-order valence-electron chi connectivity index (χ3n) is 2.42. The molecule has 0 bridgehead atoms. The molecule has 1 heterocycles. The summed E-state index contributed by atoms with van der Waals surface area (Å²) in [6.45, 7) is 0.826. The minimum atomic E-state index is -0.366. The van der Waals surface area contributed by atoms with Gasteiger partial charge in [0.1, 0.15) is 5.82 Å². The molecule has 1 atom stereocenters. The van der Waals surface area contributed by atoms with Gasteiger partial charge in [-0.25, -0.2) is 4.39 Å². The van der Waals surface area contributed by atoms with E-state index in [0.717, 1.165) is 18.1 Å². The second kappa shape index (κ2) is 5.84. The first kappa shape index (κ1) is 12.9. The van der Waals surface area contributed by atoms with E-state index < -0.39 is 0 Å². The van der Waals surface area contributed by atoms with E-state index in [4.69, 9.17) is 0 Å². The average molecular weight is 319 g/mol. The molecule has 2 N–H and O–H groups in total. The summed E-state index contributed by atoms with van der Waals surface area (Å²) in [4.78, 5) is 11.9. The number of benzene rings is 1. The smallest absolute Gasteiger partial charge is 0.242 e. The lowest BCUT2D eigenvalue weighted by Gasteiger charge is -2.22. The van der Waals surface area contributed by atoms with Crippen LogP contribution in [0, 0.1) is 5.82 Å². The van der Waals surface area contributed by atoms with Crippen molar-refractivity contribution < 1.29 is 9.18 Å². The number of halogens is 2. The number of nitrogens with one attached hydrogen (secondary N) is 2. The van der Waals surface area contributed by atoms with Crippen molar-refractivity contribution in [2.75, 3.05) is 23.4 Å². The van der Waals surface area contributed by atoms with Gasteiger partial charge in [-0.05, 0) is 34.1 Å². The zero-order valence-electron chi connectivity index (χ0n) is 9.00. The highest BCUT2D eigenvalue weighted by Crippen LogP contribution is 2.23. The molecule has 1 unspecified atom stereocenters. The predicted octanol–water partition coefficient (Wildman–Crippen LogP) is 2.23. The maximum atomic E-state index is 13.0. The molecule has 1 amide bonds. The Labute approximate surface area is 112 Å². The molecule has 1 aromatic carbocycles. The van der Waals surface area contributed by atoms with Gasteiger partial charge in [-0.3, -0.25) is 4.79 Å². The summed E-state index contributed by atoms with van der Waals surface area (Å²) in [6, 6.07) is 4.02. The van der Waals surface area contributed by atoms with Gasteiger partial charge in [-0.2, -0.15) is 11.8 Å². The molecule has 92 valence electrons. The number of hydrogen-bond donors (Lipinski definition) is 2. The van der Waals surface area contributed by atoms with Crippen molar-refractivity contribution in [2.45, 2.75) is 6.04 Å². The lowest BCUT2D eigenvalue weighted by atomic mass is 10.2. The largest absolute Gasteiger partial charge is 0.324 e. The van der Waals surface area contributed by atoms with Crippen molar-refractivity contribution in [1.82, 2.24) is 5.32 Å². The monoisotopic (exact) mass is 318 g/mol. The molecule has 1 fully saturated rings. The van der Waals surface area contributed by atoms with Crippen LogP contribution in [0.15, 0.2) is 22.7 Å². The fourth-order valence-corrected chi connectivity index (χ4v) is 2.83. The maximum absolute atomic E-state index is 13.0. The van der Waals surface area contributed by atoms with Gasteiger partial charge in [-0.15, -0.1) is 0 Å². The van der Waals surface area contributed by atoms with E-state index >= 15 is 0 Å². The van der Waals surface area contributed by atoms with Crippen molar-refractivity contribution in [2.24, 2.45) is 0 Å². The van der Waals surface area contributed by atoms with E-state index in [2.05, 4.69) is 26.6 Å². The third kappa shape index (κ3) is 3.43. The Kier molecular flexibility index (Phi) is 4.42. The molecular weight excluding hydrogens is 307 g/mol. The van der Waals surface area contributed by atoms with Gasteiger partial charge in [0, 0.05) is 22.5 Å². The highest BCUT2D eigenvalue weighted by molar-refractivity contribution is 9.10. The molecular formula is C11H12BrFN2OS. The van der Waals surface area contributed by atoms with Crippen molar-refractivity contribution in [1.29, 1.82) is 0 Å². The number of carbonyl (C=O) groups excluding carboxylic acids is 1. The van der Waals surface area contributed by atoms with E-state index in [1.807, 2.05) is 0 Å². The molecule has 2 rings (SSSR count). The van der Waals surface area contributed by atoms with Crippen LogP contribution in [0.5, 0.6) is 0 Å². The van der Waals surface area contributed by atoms with Crippen LogP contribution in [0.2, 0.25) is 0 Å². The zero-order valence-corrected chi connectivity index (χ0v) is 11.4. The number of carbonyl (C=O) groups is 1. The molecule has 0 aromatic heterocycles. The number of hydrogen-bond acceptors (Lipinski definition) is 3. The molecule has 6 heteroatoms. The molecule has 0 saturated carbocycles. The van der Waals surface area contributed by atoms with Gasteiger partial charge in [0.2, 0.25) is 5.91 Å². The second-order valence-corrected chi connectivity index (χ2v) is 5.70. The van der Waals surface area contributed by atoms with E-state index in [9.17, 15) is 9.18 Å². The van der Waals surface area contributed by atoms with Crippen LogP contribution < -0.4 is 10.6 Å². The van der Waals surface area contributed by atoms with Crippen molar-refractivity contribution in [3.05, 3.63) is 28.5 Å². The Morgan fingerprint density at radius 2 is 2.41 bits per heavy atom. The van der Waals surface area contributed by atoms with Crippen LogP contribution in [-0.2, 0) is 4.79 Å². The molecule has 3 nitrogen and oxygen atoms in total. The highest BCUT2D eigenvalue weighted by Gasteiger charge is 2.21. The Balaban J connectivity index is 2.04. The quantitative estimate of drug-likeness (QED) is 0.878. The molecule has 0 spiro atoms. The van der Waals surface area contributed by atoms with E-state index in [-0.39, 0.29) is 17.8 Å². The molecule has 1 aliphatic rings. The molecule has 1 aromatic rings. The van der Waals surface area contributed by atoms with Crippen LogP contribution in [0.4, 0.5) is 10.1 Å². The van der Waals surface area contributed by atoms with Crippen LogP contribution >= 0.6 is 27.7 Å². The number of thioether (sulfide) groups is 1. The predicted molar refractivity (Wildman–Crippen MR) is 71.8 cm³/mol. The number of amides is 1. The Bertz CT molecular complexity index is 424. The van der Waals surface area contributed by atoms with Gasteiger partial charge in [0.25, 0.3) is 0 Å². The Morgan fingerprint density at radius 1 is 1.59 bits per heavy atom. The maximum Gasteiger partial charge on any atom is 0.242 e. The molecule has 17 heavy (non-hydrogen) atoms. The zero-order chi connectivity index (χ0) is 12.3. The molecule has 0 aliphatic carbocycles. The van der Waals surface area contributed by atoms with Gasteiger partial charge >= 0.3 is 0 Å². The summed E-state index contributed by atoms with van der Waals surface area (Å²) in [5, 5.41) is 5.85. The lowest BCUT2D eigenvalue weighted by molar-refractivity contribution is -0.117. The van der Waals surface area contributed by atoms with E-state index in [0.29, 0.717) is 10.2 Å². The van der Waals surface area contributed by atoms with Gasteiger partial charge in [0.05, 0.1) is 11.7 Å². The van der Waals surface area contributed by atoms with Crippen LogP contribution in [0.25, 0.3) is 0 Å². The summed E-state index contributed by atoms with van der Waals surface area (Å²) < 4.78 is 13.7. The minimum absolute atomic E-state index is 0.122. The van der Waals surface area contributed by atoms with E-state index in [1.54, 1.807) is 17.8 Å². The molecule has 1 aliphatic heterocycles. The van der Waals surface area contributed by atoms with Gasteiger partial charge < -0.3 is 10.6 Å². The van der Waals surface area contributed by atoms with Crippen LogP contribution in [-0.4, -0.2) is 30.0 Å². The van der Waals surface area contributed by atoms with Gasteiger partial charge in [0.15, 0.2) is 0 Å². The Morgan fingerprint density at radius 3 is 3.12 bits per heavy atom. The second-order valence-electron chi connectivity index (χ2n) is 3.70. The van der Waals surface area contributed by atoms with Crippen LogP contribution in [0.3, 0.4) is 0 Å². The van der Waals surface area contributed by atoms with Gasteiger partial charge in [-0.1, -0.05) is 0 Å². The van der Waals surface area contributed by atoms with Crippen molar-refractivity contribution >= 4 is 39.3 Å². The first-order valence-electron chi connectivity index (χ1n) is 5.24. The minimum Gasteiger partial charge on any atom is -0.324 e. The average Bonchev–Trinajstić information content (AvgIpc) is 2.35. The number of rotatable bonds is 2.